The molecule has 0 heterocycles. The summed E-state index contributed by atoms with van der Waals surface area (Å²) in [6, 6.07) is 0. The molecule has 0 radical (unpaired) electrons. The Bertz CT molecular complexity index is 190. The molecular formula is C15H30. The molecule has 0 bridgehead atoms. The van der Waals surface area contributed by atoms with Gasteiger partial charge in [-0.15, -0.1) is 0 Å². The predicted octanol–water partition coefficient (Wildman–Crippen LogP) is 4.84. The summed E-state index contributed by atoms with van der Waals surface area (Å²) in [5.41, 5.74) is 0.515. The lowest BCUT2D eigenvalue weighted by Crippen LogP contribution is -2.32. The van der Waals surface area contributed by atoms with E-state index in [0.29, 0.717) is 5.41 Å². The molecule has 0 saturated heterocycles. The average Bonchev–Trinajstić information content (AvgIpc) is 2.17. The predicted molar refractivity (Wildman–Crippen MR) is 68.8 cm³/mol. The van der Waals surface area contributed by atoms with E-state index in [1.165, 1.54) is 0 Å². The average molecular weight is 210 g/mol. The molecule has 0 heteroatoms. The third kappa shape index (κ3) is 1.97. The summed E-state index contributed by atoms with van der Waals surface area (Å²) in [7, 11) is 0. The van der Waals surface area contributed by atoms with Crippen LogP contribution in [0.2, 0.25) is 0 Å². The van der Waals surface area contributed by atoms with Crippen molar-refractivity contribution in [1.29, 1.82) is 0 Å². The van der Waals surface area contributed by atoms with Crippen LogP contribution in [0.25, 0.3) is 0 Å². The molecule has 90 valence electrons. The Morgan fingerprint density at radius 3 is 1.13 bits per heavy atom. The Morgan fingerprint density at radius 1 is 0.733 bits per heavy atom. The highest BCUT2D eigenvalue weighted by atomic mass is 14.6. The van der Waals surface area contributed by atoms with Gasteiger partial charge in [-0.2, -0.15) is 0 Å². The molecule has 15 heavy (non-hydrogen) atoms. The molecule has 0 aromatic rings. The highest BCUT2D eigenvalue weighted by molar-refractivity contribution is 5.00. The summed E-state index contributed by atoms with van der Waals surface area (Å²) in [6.45, 7) is 19.6. The minimum Gasteiger partial charge on any atom is -0.0625 e. The van der Waals surface area contributed by atoms with Gasteiger partial charge in [-0.05, 0) is 40.9 Å². The fraction of sp³-hybridized carbons (Fsp3) is 1.00. The normalized spacial score (nSPS) is 40.4. The number of rotatable bonds is 2. The van der Waals surface area contributed by atoms with Gasteiger partial charge in [0.1, 0.15) is 0 Å². The molecule has 0 N–H and O–H groups in total. The molecule has 0 aliphatic heterocycles. The van der Waals surface area contributed by atoms with Crippen LogP contribution in [-0.4, -0.2) is 0 Å². The molecule has 1 rings (SSSR count). The van der Waals surface area contributed by atoms with E-state index in [1.807, 2.05) is 0 Å². The summed E-state index contributed by atoms with van der Waals surface area (Å²) in [6.07, 6.45) is 0. The lowest BCUT2D eigenvalue weighted by molar-refractivity contribution is 0.0985. The van der Waals surface area contributed by atoms with Gasteiger partial charge in [0.05, 0.1) is 0 Å². The Kier molecular flexibility index (Phi) is 3.58. The van der Waals surface area contributed by atoms with Crippen LogP contribution in [0.4, 0.5) is 0 Å². The van der Waals surface area contributed by atoms with Gasteiger partial charge in [0.25, 0.3) is 0 Å². The standard InChI is InChI=1S/C15H30/c1-9(2)13-11(5)12(6)14(10(3)4)15(13,7)8/h9-14H,1-8H3. The van der Waals surface area contributed by atoms with Gasteiger partial charge in [-0.3, -0.25) is 0 Å². The van der Waals surface area contributed by atoms with Crippen molar-refractivity contribution in [1.82, 2.24) is 0 Å². The zero-order valence-corrected chi connectivity index (χ0v) is 12.0. The zero-order chi connectivity index (χ0) is 12.0. The fourth-order valence-corrected chi connectivity index (χ4v) is 5.16. The summed E-state index contributed by atoms with van der Waals surface area (Å²) in [5.74, 6) is 5.18. The first-order valence-corrected chi connectivity index (χ1v) is 6.71. The van der Waals surface area contributed by atoms with Crippen LogP contribution in [0.3, 0.4) is 0 Å². The maximum Gasteiger partial charge on any atom is -0.0287 e. The lowest BCUT2D eigenvalue weighted by atomic mass is 9.66. The Hall–Kier alpha value is 0. The SMILES string of the molecule is CC(C)C1C(C)C(C)C(C(C)C)C1(C)C. The summed E-state index contributed by atoms with van der Waals surface area (Å²) < 4.78 is 0. The van der Waals surface area contributed by atoms with Gasteiger partial charge < -0.3 is 0 Å². The molecular weight excluding hydrogens is 180 g/mol. The number of hydrogen-bond donors (Lipinski definition) is 0. The highest BCUT2D eigenvalue weighted by Gasteiger charge is 2.52. The van der Waals surface area contributed by atoms with Crippen LogP contribution in [0, 0.1) is 40.9 Å². The Balaban J connectivity index is 3.04. The molecule has 0 aromatic carbocycles. The molecule has 0 nitrogen and oxygen atoms in total. The van der Waals surface area contributed by atoms with Crippen molar-refractivity contribution in [3.8, 4) is 0 Å². The highest BCUT2D eigenvalue weighted by Crippen LogP contribution is 2.58. The third-order valence-electron chi connectivity index (χ3n) is 5.12. The van der Waals surface area contributed by atoms with E-state index in [2.05, 4.69) is 55.4 Å². The van der Waals surface area contributed by atoms with Crippen molar-refractivity contribution in [2.75, 3.05) is 0 Å². The van der Waals surface area contributed by atoms with E-state index >= 15 is 0 Å². The minimum atomic E-state index is 0.515. The molecule has 1 aliphatic rings. The third-order valence-corrected chi connectivity index (χ3v) is 5.12. The van der Waals surface area contributed by atoms with Gasteiger partial charge in [-0.25, -0.2) is 0 Å². The van der Waals surface area contributed by atoms with Crippen LogP contribution >= 0.6 is 0 Å². The van der Waals surface area contributed by atoms with Crippen molar-refractivity contribution in [2.24, 2.45) is 40.9 Å². The second-order valence-corrected chi connectivity index (χ2v) is 7.08. The first-order valence-electron chi connectivity index (χ1n) is 6.71. The van der Waals surface area contributed by atoms with E-state index in [1.54, 1.807) is 0 Å². The van der Waals surface area contributed by atoms with Crippen LogP contribution in [-0.2, 0) is 0 Å². The monoisotopic (exact) mass is 210 g/mol. The Labute approximate surface area is 96.8 Å². The van der Waals surface area contributed by atoms with Gasteiger partial charge in [0.2, 0.25) is 0 Å². The minimum absolute atomic E-state index is 0.515. The van der Waals surface area contributed by atoms with Gasteiger partial charge in [-0.1, -0.05) is 55.4 Å². The van der Waals surface area contributed by atoms with Crippen molar-refractivity contribution in [2.45, 2.75) is 55.4 Å². The van der Waals surface area contributed by atoms with Crippen molar-refractivity contribution < 1.29 is 0 Å². The first kappa shape index (κ1) is 13.1. The molecule has 1 saturated carbocycles. The molecule has 1 fully saturated rings. The van der Waals surface area contributed by atoms with Crippen LogP contribution in [0.5, 0.6) is 0 Å². The summed E-state index contributed by atoms with van der Waals surface area (Å²) in [5, 5.41) is 0. The van der Waals surface area contributed by atoms with E-state index < -0.39 is 0 Å². The van der Waals surface area contributed by atoms with Crippen LogP contribution < -0.4 is 0 Å². The van der Waals surface area contributed by atoms with Crippen molar-refractivity contribution >= 4 is 0 Å². The second-order valence-electron chi connectivity index (χ2n) is 7.08. The van der Waals surface area contributed by atoms with Crippen molar-refractivity contribution in [3.63, 3.8) is 0 Å². The lowest BCUT2D eigenvalue weighted by Gasteiger charge is -2.38. The topological polar surface area (TPSA) is 0 Å². The summed E-state index contributed by atoms with van der Waals surface area (Å²) >= 11 is 0. The van der Waals surface area contributed by atoms with Crippen LogP contribution in [0.15, 0.2) is 0 Å². The van der Waals surface area contributed by atoms with Crippen molar-refractivity contribution in [3.05, 3.63) is 0 Å². The largest absolute Gasteiger partial charge is 0.0625 e. The molecule has 4 atom stereocenters. The van der Waals surface area contributed by atoms with E-state index in [4.69, 9.17) is 0 Å². The van der Waals surface area contributed by atoms with E-state index in [9.17, 15) is 0 Å². The fourth-order valence-electron chi connectivity index (χ4n) is 5.16. The maximum absolute atomic E-state index is 2.50. The Morgan fingerprint density at radius 2 is 1.00 bits per heavy atom. The van der Waals surface area contributed by atoms with Gasteiger partial charge >= 0.3 is 0 Å². The molecule has 0 spiro atoms. The quantitative estimate of drug-likeness (QED) is 0.611. The van der Waals surface area contributed by atoms with Gasteiger partial charge in [0.15, 0.2) is 0 Å². The molecule has 1 aliphatic carbocycles. The van der Waals surface area contributed by atoms with Crippen LogP contribution in [0.1, 0.15) is 55.4 Å². The smallest absolute Gasteiger partial charge is 0.0287 e. The second kappa shape index (κ2) is 4.11. The molecule has 0 aromatic heterocycles. The number of hydrogen-bond acceptors (Lipinski definition) is 0. The molecule has 4 unspecified atom stereocenters. The van der Waals surface area contributed by atoms with E-state index in [-0.39, 0.29) is 0 Å². The zero-order valence-electron chi connectivity index (χ0n) is 12.0. The van der Waals surface area contributed by atoms with E-state index in [0.717, 1.165) is 35.5 Å². The maximum atomic E-state index is 2.50. The molecule has 0 amide bonds. The summed E-state index contributed by atoms with van der Waals surface area (Å²) in [4.78, 5) is 0. The van der Waals surface area contributed by atoms with Gasteiger partial charge in [0, 0.05) is 0 Å². The first-order chi connectivity index (χ1) is 6.71.